The molecule has 0 spiro atoms. The van der Waals surface area contributed by atoms with Gasteiger partial charge in [0.15, 0.2) is 0 Å². The van der Waals surface area contributed by atoms with Crippen LogP contribution in [-0.4, -0.2) is 44.4 Å². The first-order valence-electron chi connectivity index (χ1n) is 7.42. The monoisotopic (exact) mass is 276 g/mol. The van der Waals surface area contributed by atoms with Crippen molar-refractivity contribution in [2.75, 3.05) is 27.3 Å². The van der Waals surface area contributed by atoms with Gasteiger partial charge in [0.05, 0.1) is 13.2 Å². The van der Waals surface area contributed by atoms with Gasteiger partial charge in [0, 0.05) is 32.3 Å². The van der Waals surface area contributed by atoms with Crippen LogP contribution in [0.1, 0.15) is 30.0 Å². The number of ether oxygens (including phenoxy) is 2. The minimum absolute atomic E-state index is 0.0965. The van der Waals surface area contributed by atoms with E-state index in [2.05, 4.69) is 17.0 Å². The zero-order valence-corrected chi connectivity index (χ0v) is 12.3. The highest BCUT2D eigenvalue weighted by Gasteiger charge is 2.35. The van der Waals surface area contributed by atoms with Crippen LogP contribution in [0.25, 0.3) is 0 Å². The number of fused-ring (bicyclic) bond motifs is 1. The molecule has 0 aromatic heterocycles. The number of likely N-dealkylation sites (tertiary alicyclic amines) is 1. The molecule has 3 rings (SSSR count). The first-order chi connectivity index (χ1) is 9.72. The van der Waals surface area contributed by atoms with E-state index in [1.807, 2.05) is 13.2 Å². The second-order valence-corrected chi connectivity index (χ2v) is 5.83. The van der Waals surface area contributed by atoms with Gasteiger partial charge in [-0.05, 0) is 42.5 Å². The van der Waals surface area contributed by atoms with Gasteiger partial charge in [-0.2, -0.15) is 0 Å². The summed E-state index contributed by atoms with van der Waals surface area (Å²) in [5, 5.41) is 0. The first kappa shape index (κ1) is 13.9. The van der Waals surface area contributed by atoms with Gasteiger partial charge in [-0.1, -0.05) is 6.07 Å². The molecule has 4 nitrogen and oxygen atoms in total. The zero-order chi connectivity index (χ0) is 14.1. The summed E-state index contributed by atoms with van der Waals surface area (Å²) in [7, 11) is 3.51. The zero-order valence-electron chi connectivity index (χ0n) is 12.3. The highest BCUT2D eigenvalue weighted by molar-refractivity contribution is 5.42. The number of piperidine rings is 1. The van der Waals surface area contributed by atoms with Gasteiger partial charge in [-0.15, -0.1) is 0 Å². The summed E-state index contributed by atoms with van der Waals surface area (Å²) < 4.78 is 10.8. The van der Waals surface area contributed by atoms with Crippen molar-refractivity contribution >= 4 is 0 Å². The van der Waals surface area contributed by atoms with Crippen molar-refractivity contribution in [2.24, 2.45) is 5.73 Å². The van der Waals surface area contributed by atoms with Crippen molar-refractivity contribution in [2.45, 2.75) is 37.5 Å². The van der Waals surface area contributed by atoms with Crippen LogP contribution in [0.15, 0.2) is 18.2 Å². The fourth-order valence-electron chi connectivity index (χ4n) is 3.56. The summed E-state index contributed by atoms with van der Waals surface area (Å²) in [5.74, 6) is 0.901. The third-order valence-corrected chi connectivity index (χ3v) is 4.83. The van der Waals surface area contributed by atoms with E-state index >= 15 is 0 Å². The van der Waals surface area contributed by atoms with Crippen LogP contribution in [0.5, 0.6) is 5.75 Å². The third-order valence-electron chi connectivity index (χ3n) is 4.83. The van der Waals surface area contributed by atoms with E-state index in [1.54, 1.807) is 7.11 Å². The van der Waals surface area contributed by atoms with Gasteiger partial charge in [-0.3, -0.25) is 4.90 Å². The largest absolute Gasteiger partial charge is 0.497 e. The van der Waals surface area contributed by atoms with Crippen molar-refractivity contribution in [3.8, 4) is 5.75 Å². The van der Waals surface area contributed by atoms with E-state index in [1.165, 1.54) is 11.1 Å². The molecule has 2 unspecified atom stereocenters. The van der Waals surface area contributed by atoms with Crippen molar-refractivity contribution in [3.63, 3.8) is 0 Å². The van der Waals surface area contributed by atoms with E-state index in [4.69, 9.17) is 15.2 Å². The van der Waals surface area contributed by atoms with E-state index in [0.29, 0.717) is 12.1 Å². The van der Waals surface area contributed by atoms with Crippen LogP contribution >= 0.6 is 0 Å². The van der Waals surface area contributed by atoms with E-state index in [-0.39, 0.29) is 6.04 Å². The third kappa shape index (κ3) is 2.43. The minimum Gasteiger partial charge on any atom is -0.497 e. The number of hydrogen-bond donors (Lipinski definition) is 1. The van der Waals surface area contributed by atoms with Gasteiger partial charge in [0.1, 0.15) is 5.75 Å². The molecule has 1 aliphatic carbocycles. The predicted octanol–water partition coefficient (Wildman–Crippen LogP) is 1.73. The lowest BCUT2D eigenvalue weighted by atomic mass is 10.0. The Morgan fingerprint density at radius 1 is 1.20 bits per heavy atom. The Labute approximate surface area is 120 Å². The van der Waals surface area contributed by atoms with Crippen LogP contribution in [0.3, 0.4) is 0 Å². The summed E-state index contributed by atoms with van der Waals surface area (Å²) in [4.78, 5) is 2.53. The summed E-state index contributed by atoms with van der Waals surface area (Å²) in [5.41, 5.74) is 9.11. The molecule has 110 valence electrons. The predicted molar refractivity (Wildman–Crippen MR) is 79.0 cm³/mol. The standard InChI is InChI=1S/C16H24N2O2/c1-19-12-5-7-18(8-6-12)15-9-11-3-4-13(20-2)10-14(11)16(15)17/h3-4,10,12,15-16H,5-9,17H2,1-2H3. The molecule has 4 heteroatoms. The fraction of sp³-hybridized carbons (Fsp3) is 0.625. The topological polar surface area (TPSA) is 47.7 Å². The number of rotatable bonds is 3. The van der Waals surface area contributed by atoms with Gasteiger partial charge in [0.2, 0.25) is 0 Å². The van der Waals surface area contributed by atoms with Crippen molar-refractivity contribution in [3.05, 3.63) is 29.3 Å². The van der Waals surface area contributed by atoms with Crippen LogP contribution in [-0.2, 0) is 11.2 Å². The molecule has 0 bridgehead atoms. The Bertz CT molecular complexity index is 470. The number of benzene rings is 1. The lowest BCUT2D eigenvalue weighted by Crippen LogP contribution is -2.46. The molecule has 20 heavy (non-hydrogen) atoms. The van der Waals surface area contributed by atoms with Crippen LogP contribution in [0.2, 0.25) is 0 Å². The Morgan fingerprint density at radius 2 is 1.95 bits per heavy atom. The average molecular weight is 276 g/mol. The summed E-state index contributed by atoms with van der Waals surface area (Å²) >= 11 is 0. The van der Waals surface area contributed by atoms with Gasteiger partial charge < -0.3 is 15.2 Å². The summed E-state index contributed by atoms with van der Waals surface area (Å²) in [6, 6.07) is 6.82. The van der Waals surface area contributed by atoms with Crippen molar-refractivity contribution in [1.82, 2.24) is 4.90 Å². The lowest BCUT2D eigenvalue weighted by molar-refractivity contribution is 0.0248. The highest BCUT2D eigenvalue weighted by Crippen LogP contribution is 2.36. The number of nitrogens with zero attached hydrogens (tertiary/aromatic N) is 1. The van der Waals surface area contributed by atoms with Gasteiger partial charge in [-0.25, -0.2) is 0 Å². The first-order valence-corrected chi connectivity index (χ1v) is 7.42. The fourth-order valence-corrected chi connectivity index (χ4v) is 3.56. The molecule has 1 aromatic rings. The van der Waals surface area contributed by atoms with Crippen molar-refractivity contribution < 1.29 is 9.47 Å². The molecule has 2 aliphatic rings. The normalized spacial score (nSPS) is 27.6. The second-order valence-electron chi connectivity index (χ2n) is 5.83. The smallest absolute Gasteiger partial charge is 0.119 e. The Kier molecular flexibility index (Phi) is 3.96. The van der Waals surface area contributed by atoms with E-state index in [0.717, 1.165) is 38.1 Å². The van der Waals surface area contributed by atoms with Crippen LogP contribution < -0.4 is 10.5 Å². The summed E-state index contributed by atoms with van der Waals surface area (Å²) in [6.07, 6.45) is 3.70. The minimum atomic E-state index is 0.0965. The molecular formula is C16H24N2O2. The highest BCUT2D eigenvalue weighted by atomic mass is 16.5. The summed E-state index contributed by atoms with van der Waals surface area (Å²) in [6.45, 7) is 2.17. The number of nitrogens with two attached hydrogens (primary N) is 1. The molecule has 2 N–H and O–H groups in total. The quantitative estimate of drug-likeness (QED) is 0.913. The van der Waals surface area contributed by atoms with Gasteiger partial charge >= 0.3 is 0 Å². The molecule has 1 heterocycles. The molecule has 1 saturated heterocycles. The van der Waals surface area contributed by atoms with Crippen LogP contribution in [0, 0.1) is 0 Å². The van der Waals surface area contributed by atoms with Gasteiger partial charge in [0.25, 0.3) is 0 Å². The molecule has 2 atom stereocenters. The molecule has 0 radical (unpaired) electrons. The second kappa shape index (κ2) is 5.72. The molecule has 1 aliphatic heterocycles. The number of hydrogen-bond acceptors (Lipinski definition) is 4. The Morgan fingerprint density at radius 3 is 2.60 bits per heavy atom. The Hall–Kier alpha value is -1.10. The van der Waals surface area contributed by atoms with Crippen LogP contribution in [0.4, 0.5) is 0 Å². The Balaban J connectivity index is 1.72. The SMILES string of the molecule is COc1ccc2c(c1)C(N)C(N1CCC(OC)CC1)C2. The maximum absolute atomic E-state index is 6.48. The van der Waals surface area contributed by atoms with E-state index < -0.39 is 0 Å². The lowest BCUT2D eigenvalue weighted by Gasteiger charge is -2.37. The molecule has 0 amide bonds. The molecule has 1 fully saturated rings. The maximum atomic E-state index is 6.48. The number of methoxy groups -OCH3 is 2. The average Bonchev–Trinajstić information content (AvgIpc) is 2.84. The van der Waals surface area contributed by atoms with E-state index in [9.17, 15) is 0 Å². The maximum Gasteiger partial charge on any atom is 0.119 e. The van der Waals surface area contributed by atoms with Crippen molar-refractivity contribution in [1.29, 1.82) is 0 Å². The molecule has 1 aromatic carbocycles. The molecular weight excluding hydrogens is 252 g/mol. The molecule has 0 saturated carbocycles.